The number of likely N-dealkylation sites (tertiary alicyclic amines) is 1. The Morgan fingerprint density at radius 2 is 2.15 bits per heavy atom. The van der Waals surface area contributed by atoms with Gasteiger partial charge < -0.3 is 18.8 Å². The minimum atomic E-state index is -0.205. The highest BCUT2D eigenvalue weighted by Crippen LogP contribution is 2.38. The standard InChI is InChI=1S/C19H23N3O4/c1-14-3-4-16(26-14)17(23)22-12-19(13-22)11-15(6-10-25-19)5-9-24-18-20-7-2-8-21-18/h2-4,7-8,15H,5-6,9-13H2,1H3. The van der Waals surface area contributed by atoms with E-state index in [2.05, 4.69) is 9.97 Å². The molecule has 2 saturated heterocycles. The van der Waals surface area contributed by atoms with Gasteiger partial charge in [0.05, 0.1) is 19.7 Å². The summed E-state index contributed by atoms with van der Waals surface area (Å²) < 4.78 is 17.1. The molecular weight excluding hydrogens is 334 g/mol. The number of amides is 1. The number of aromatic nitrogens is 2. The number of carbonyl (C=O) groups excluding carboxylic acids is 1. The van der Waals surface area contributed by atoms with E-state index in [-0.39, 0.29) is 11.5 Å². The summed E-state index contributed by atoms with van der Waals surface area (Å²) in [5.74, 6) is 1.62. The molecule has 26 heavy (non-hydrogen) atoms. The molecule has 1 spiro atoms. The molecule has 7 heteroatoms. The van der Waals surface area contributed by atoms with Gasteiger partial charge in [-0.3, -0.25) is 4.79 Å². The number of furan rings is 1. The Bertz CT molecular complexity index is 755. The minimum Gasteiger partial charge on any atom is -0.463 e. The number of rotatable bonds is 5. The monoisotopic (exact) mass is 357 g/mol. The predicted molar refractivity (Wildman–Crippen MR) is 92.9 cm³/mol. The smallest absolute Gasteiger partial charge is 0.316 e. The zero-order chi connectivity index (χ0) is 18.0. The van der Waals surface area contributed by atoms with E-state index in [1.807, 2.05) is 13.0 Å². The summed E-state index contributed by atoms with van der Waals surface area (Å²) in [5, 5.41) is 0. The summed E-state index contributed by atoms with van der Waals surface area (Å²) in [6.07, 6.45) is 6.26. The van der Waals surface area contributed by atoms with Crippen LogP contribution in [0.1, 0.15) is 35.6 Å². The molecule has 7 nitrogen and oxygen atoms in total. The molecule has 0 saturated carbocycles. The lowest BCUT2D eigenvalue weighted by Gasteiger charge is -2.53. The van der Waals surface area contributed by atoms with Gasteiger partial charge in [-0.15, -0.1) is 0 Å². The molecule has 138 valence electrons. The first-order valence-corrected chi connectivity index (χ1v) is 9.03. The van der Waals surface area contributed by atoms with E-state index < -0.39 is 0 Å². The van der Waals surface area contributed by atoms with Crippen molar-refractivity contribution in [2.75, 3.05) is 26.3 Å². The van der Waals surface area contributed by atoms with Crippen molar-refractivity contribution in [1.29, 1.82) is 0 Å². The van der Waals surface area contributed by atoms with Crippen LogP contribution in [0.25, 0.3) is 0 Å². The van der Waals surface area contributed by atoms with Gasteiger partial charge >= 0.3 is 6.01 Å². The first-order chi connectivity index (χ1) is 12.6. The van der Waals surface area contributed by atoms with Gasteiger partial charge in [0, 0.05) is 19.0 Å². The second-order valence-electron chi connectivity index (χ2n) is 7.13. The Morgan fingerprint density at radius 3 is 2.88 bits per heavy atom. The lowest BCUT2D eigenvalue weighted by Crippen LogP contribution is -2.66. The Balaban J connectivity index is 1.26. The van der Waals surface area contributed by atoms with Crippen molar-refractivity contribution >= 4 is 5.91 Å². The van der Waals surface area contributed by atoms with Crippen molar-refractivity contribution in [3.63, 3.8) is 0 Å². The molecule has 2 aromatic heterocycles. The molecule has 2 aliphatic rings. The summed E-state index contributed by atoms with van der Waals surface area (Å²) >= 11 is 0. The molecule has 0 aliphatic carbocycles. The van der Waals surface area contributed by atoms with E-state index in [0.717, 1.165) is 31.6 Å². The molecule has 4 heterocycles. The average molecular weight is 357 g/mol. The van der Waals surface area contributed by atoms with Crippen LogP contribution in [0.15, 0.2) is 35.0 Å². The third kappa shape index (κ3) is 3.58. The fraction of sp³-hybridized carbons (Fsp3) is 0.526. The number of hydrogen-bond donors (Lipinski definition) is 0. The molecule has 2 aromatic rings. The van der Waals surface area contributed by atoms with E-state index in [0.29, 0.717) is 37.4 Å². The number of ether oxygens (including phenoxy) is 2. The van der Waals surface area contributed by atoms with Gasteiger partial charge in [0.2, 0.25) is 0 Å². The average Bonchev–Trinajstić information content (AvgIpc) is 3.07. The van der Waals surface area contributed by atoms with Crippen molar-refractivity contribution in [2.24, 2.45) is 5.92 Å². The van der Waals surface area contributed by atoms with Gasteiger partial charge in [-0.25, -0.2) is 9.97 Å². The van der Waals surface area contributed by atoms with Crippen LogP contribution in [-0.2, 0) is 4.74 Å². The van der Waals surface area contributed by atoms with E-state index >= 15 is 0 Å². The van der Waals surface area contributed by atoms with Gasteiger partial charge in [0.15, 0.2) is 5.76 Å². The first-order valence-electron chi connectivity index (χ1n) is 9.03. The van der Waals surface area contributed by atoms with Gasteiger partial charge in [-0.1, -0.05) is 0 Å². The van der Waals surface area contributed by atoms with E-state index in [4.69, 9.17) is 13.9 Å². The van der Waals surface area contributed by atoms with Gasteiger partial charge in [0.1, 0.15) is 11.4 Å². The number of hydrogen-bond acceptors (Lipinski definition) is 6. The first kappa shape index (κ1) is 17.0. The highest BCUT2D eigenvalue weighted by molar-refractivity contribution is 5.92. The van der Waals surface area contributed by atoms with Crippen LogP contribution in [0, 0.1) is 12.8 Å². The SMILES string of the molecule is Cc1ccc(C(=O)N2CC3(CC(CCOc4ncccn4)CCO3)C2)o1. The second kappa shape index (κ2) is 7.07. The molecule has 0 aromatic carbocycles. The maximum Gasteiger partial charge on any atom is 0.316 e. The van der Waals surface area contributed by atoms with Crippen LogP contribution in [-0.4, -0.2) is 52.7 Å². The van der Waals surface area contributed by atoms with E-state index in [1.165, 1.54) is 0 Å². The summed E-state index contributed by atoms with van der Waals surface area (Å²) in [4.78, 5) is 22.4. The molecule has 0 bridgehead atoms. The molecule has 2 aliphatic heterocycles. The summed E-state index contributed by atoms with van der Waals surface area (Å²) in [6, 6.07) is 5.73. The second-order valence-corrected chi connectivity index (χ2v) is 7.13. The molecular formula is C19H23N3O4. The zero-order valence-electron chi connectivity index (χ0n) is 14.9. The Labute approximate surface area is 152 Å². The van der Waals surface area contributed by atoms with E-state index in [9.17, 15) is 4.79 Å². The molecule has 4 rings (SSSR count). The van der Waals surface area contributed by atoms with Crippen molar-refractivity contribution < 1.29 is 18.7 Å². The Kier molecular flexibility index (Phi) is 4.63. The molecule has 1 unspecified atom stereocenters. The summed E-state index contributed by atoms with van der Waals surface area (Å²) in [7, 11) is 0. The van der Waals surface area contributed by atoms with E-state index in [1.54, 1.807) is 29.4 Å². The molecule has 0 N–H and O–H groups in total. The third-order valence-corrected chi connectivity index (χ3v) is 5.09. The summed E-state index contributed by atoms with van der Waals surface area (Å²) in [6.45, 7) is 4.43. The molecule has 1 amide bonds. The maximum absolute atomic E-state index is 12.4. The normalized spacial score (nSPS) is 21.4. The maximum atomic E-state index is 12.4. The number of carbonyl (C=O) groups is 1. The van der Waals surface area contributed by atoms with Crippen LogP contribution in [0.5, 0.6) is 6.01 Å². The highest BCUT2D eigenvalue weighted by atomic mass is 16.5. The van der Waals surface area contributed by atoms with Gasteiger partial charge in [0.25, 0.3) is 5.91 Å². The van der Waals surface area contributed by atoms with Crippen LogP contribution >= 0.6 is 0 Å². The predicted octanol–water partition coefficient (Wildman–Crippen LogP) is 2.47. The molecule has 0 radical (unpaired) electrons. The molecule has 1 atom stereocenters. The van der Waals surface area contributed by atoms with Gasteiger partial charge in [-0.2, -0.15) is 0 Å². The van der Waals surface area contributed by atoms with Crippen molar-refractivity contribution in [2.45, 2.75) is 31.8 Å². The lowest BCUT2D eigenvalue weighted by atomic mass is 9.79. The van der Waals surface area contributed by atoms with Crippen molar-refractivity contribution in [3.05, 3.63) is 42.1 Å². The third-order valence-electron chi connectivity index (χ3n) is 5.09. The van der Waals surface area contributed by atoms with Crippen molar-refractivity contribution in [1.82, 2.24) is 14.9 Å². The Morgan fingerprint density at radius 1 is 1.35 bits per heavy atom. The van der Waals surface area contributed by atoms with Gasteiger partial charge in [-0.05, 0) is 50.3 Å². The zero-order valence-corrected chi connectivity index (χ0v) is 14.9. The summed E-state index contributed by atoms with van der Waals surface area (Å²) in [5.41, 5.74) is -0.205. The number of nitrogens with zero attached hydrogens (tertiary/aromatic N) is 3. The van der Waals surface area contributed by atoms with Crippen LogP contribution in [0.4, 0.5) is 0 Å². The fourth-order valence-electron chi connectivity index (χ4n) is 3.77. The molecule has 2 fully saturated rings. The van der Waals surface area contributed by atoms with Crippen molar-refractivity contribution in [3.8, 4) is 6.01 Å². The highest BCUT2D eigenvalue weighted by Gasteiger charge is 2.49. The topological polar surface area (TPSA) is 77.7 Å². The van der Waals surface area contributed by atoms with Crippen LogP contribution in [0.2, 0.25) is 0 Å². The Hall–Kier alpha value is -2.41. The lowest BCUT2D eigenvalue weighted by molar-refractivity contribution is -0.167. The van der Waals surface area contributed by atoms with Crippen LogP contribution in [0.3, 0.4) is 0 Å². The van der Waals surface area contributed by atoms with Crippen LogP contribution < -0.4 is 4.74 Å². The minimum absolute atomic E-state index is 0.0565. The largest absolute Gasteiger partial charge is 0.463 e. The number of aryl methyl sites for hydroxylation is 1. The fourth-order valence-corrected chi connectivity index (χ4v) is 3.77. The quantitative estimate of drug-likeness (QED) is 0.818.